The van der Waals surface area contributed by atoms with Crippen LogP contribution in [0.25, 0.3) is 65.9 Å². The number of nitrogens with one attached hydrogen (secondary N) is 2. The summed E-state index contributed by atoms with van der Waals surface area (Å²) in [6, 6.07) is 7.11. The lowest BCUT2D eigenvalue weighted by Crippen LogP contribution is -2.33. The summed E-state index contributed by atoms with van der Waals surface area (Å²) in [5.41, 5.74) is 7.86. The van der Waals surface area contributed by atoms with E-state index in [0.29, 0.717) is 85.0 Å². The molecule has 2 aliphatic heterocycles. The molecule has 342 valence electrons. The summed E-state index contributed by atoms with van der Waals surface area (Å²) in [6.45, 7) is 12.1. The number of methoxy groups -OCH3 is 3. The molecule has 8 bridgehead atoms. The number of allylic oxidation sites excluding steroid dienone is 4. The lowest BCUT2D eigenvalue weighted by Gasteiger charge is -2.10. The molecule has 13 nitrogen and oxygen atoms in total. The number of hydrogen-bond acceptors (Lipinski definition) is 10. The van der Waals surface area contributed by atoms with Crippen LogP contribution in [0.4, 0.5) is 0 Å². The largest absolute Gasteiger partial charge is 0.469 e. The standard InChI is InChI=1S/C52H61N5O8/c1-10-12-13-14-15-16-17-18-19-20-25-57-49(59)41-31(6)38-27-39-32(11-2)30(5)45(56-39)43-42(52(62)65-9)35(51(61)64-8)22-21-33-28(3)36(53-46(33)43)26-37-29(4)34(23-24-40(58)63-7)47(54-37)44(50(57)60)48(41)55-38/h21-22,26-27,53,55H,10-20,23-25H2,1-9H3. The maximum Gasteiger partial charge on any atom is 0.339 e. The van der Waals surface area contributed by atoms with Crippen LogP contribution in [0.3, 0.4) is 0 Å². The molecule has 13 heteroatoms. The Kier molecular flexibility index (Phi) is 14.2. The van der Waals surface area contributed by atoms with E-state index >= 15 is 4.79 Å². The molecule has 0 aliphatic carbocycles. The number of aryl methyl sites for hydroxylation is 2. The van der Waals surface area contributed by atoms with Gasteiger partial charge in [0.05, 0.1) is 77.0 Å². The Bertz CT molecular complexity index is 3070. The van der Waals surface area contributed by atoms with E-state index in [4.69, 9.17) is 24.2 Å². The van der Waals surface area contributed by atoms with Crippen molar-refractivity contribution in [2.75, 3.05) is 21.3 Å². The summed E-state index contributed by atoms with van der Waals surface area (Å²) in [5, 5.41) is 1.73. The number of carbonyl (C=O) groups is 3. The third-order valence-corrected chi connectivity index (χ3v) is 13.4. The molecule has 0 fully saturated rings. The summed E-state index contributed by atoms with van der Waals surface area (Å²) in [6.07, 6.45) is 12.0. The lowest BCUT2D eigenvalue weighted by atomic mass is 9.98. The zero-order valence-corrected chi connectivity index (χ0v) is 39.3. The Balaban J connectivity index is 1.58. The van der Waals surface area contributed by atoms with Gasteiger partial charge in [0.25, 0.3) is 11.1 Å². The average molecular weight is 884 g/mol. The smallest absolute Gasteiger partial charge is 0.339 e. The van der Waals surface area contributed by atoms with Crippen molar-refractivity contribution in [1.82, 2.24) is 24.5 Å². The maximum atomic E-state index is 15.0. The second kappa shape index (κ2) is 19.8. The Morgan fingerprint density at radius 1 is 0.631 bits per heavy atom. The predicted octanol–water partition coefficient (Wildman–Crippen LogP) is 10.9. The van der Waals surface area contributed by atoms with E-state index in [1.54, 1.807) is 12.1 Å². The molecule has 6 heterocycles. The number of aromatic amines is 2. The molecule has 0 atom stereocenters. The van der Waals surface area contributed by atoms with Gasteiger partial charge < -0.3 is 24.2 Å². The second-order valence-electron chi connectivity index (χ2n) is 17.3. The van der Waals surface area contributed by atoms with Crippen LogP contribution in [-0.2, 0) is 25.5 Å². The van der Waals surface area contributed by atoms with Gasteiger partial charge in [-0.3, -0.25) is 19.0 Å². The number of fused-ring (bicyclic) bond motifs is 8. The van der Waals surface area contributed by atoms with E-state index in [2.05, 4.69) is 16.9 Å². The quantitative estimate of drug-likeness (QED) is 0.0519. The van der Waals surface area contributed by atoms with Crippen LogP contribution in [0, 0.1) is 13.8 Å². The van der Waals surface area contributed by atoms with Crippen molar-refractivity contribution in [2.24, 2.45) is 0 Å². The van der Waals surface area contributed by atoms with Crippen molar-refractivity contribution in [1.29, 1.82) is 0 Å². The molecule has 1 aromatic carbocycles. The van der Waals surface area contributed by atoms with Crippen molar-refractivity contribution in [2.45, 2.75) is 132 Å². The first kappa shape index (κ1) is 46.6. The fourth-order valence-electron chi connectivity index (χ4n) is 9.66. The molecule has 0 saturated heterocycles. The number of rotatable bonds is 17. The van der Waals surface area contributed by atoms with Gasteiger partial charge in [-0.1, -0.05) is 77.7 Å². The van der Waals surface area contributed by atoms with Crippen molar-refractivity contribution >= 4 is 83.8 Å². The molecule has 0 amide bonds. The van der Waals surface area contributed by atoms with Crippen molar-refractivity contribution < 1.29 is 28.6 Å². The zero-order valence-electron chi connectivity index (χ0n) is 39.3. The van der Waals surface area contributed by atoms with Crippen LogP contribution in [0.1, 0.15) is 166 Å². The van der Waals surface area contributed by atoms with Crippen molar-refractivity contribution in [3.8, 4) is 0 Å². The van der Waals surface area contributed by atoms with E-state index in [9.17, 15) is 19.2 Å². The van der Waals surface area contributed by atoms with Gasteiger partial charge >= 0.3 is 17.9 Å². The molecule has 0 saturated carbocycles. The van der Waals surface area contributed by atoms with Gasteiger partial charge in [0.15, 0.2) is 0 Å². The lowest BCUT2D eigenvalue weighted by molar-refractivity contribution is -0.140. The van der Waals surface area contributed by atoms with Gasteiger partial charge in [0.1, 0.15) is 0 Å². The number of nitrogens with zero attached hydrogens (tertiary/aromatic N) is 3. The molecule has 0 radical (unpaired) electrons. The van der Waals surface area contributed by atoms with Gasteiger partial charge in [-0.2, -0.15) is 0 Å². The van der Waals surface area contributed by atoms with Crippen LogP contribution < -0.4 is 11.1 Å². The number of unbranched alkanes of at least 4 members (excludes halogenated alkanes) is 9. The first-order valence-electron chi connectivity index (χ1n) is 23.1. The number of hydrogen-bond donors (Lipinski definition) is 2. The summed E-state index contributed by atoms with van der Waals surface area (Å²) in [4.78, 5) is 87.3. The summed E-state index contributed by atoms with van der Waals surface area (Å²) >= 11 is 0. The first-order chi connectivity index (χ1) is 31.3. The minimum Gasteiger partial charge on any atom is -0.469 e. The molecule has 2 N–H and O–H groups in total. The van der Waals surface area contributed by atoms with E-state index in [0.717, 1.165) is 41.5 Å². The number of pyridine rings is 1. The van der Waals surface area contributed by atoms with E-state index in [-0.39, 0.29) is 41.5 Å². The van der Waals surface area contributed by atoms with Crippen molar-refractivity contribution in [3.63, 3.8) is 0 Å². The Morgan fingerprint density at radius 3 is 1.88 bits per heavy atom. The highest BCUT2D eigenvalue weighted by atomic mass is 16.5. The number of aromatic nitrogens is 5. The van der Waals surface area contributed by atoms with Gasteiger partial charge in [-0.25, -0.2) is 19.6 Å². The molecule has 0 unspecified atom stereocenters. The number of carbonyl (C=O) groups excluding carboxylic acids is 3. The number of ether oxygens (including phenoxy) is 3. The summed E-state index contributed by atoms with van der Waals surface area (Å²) in [7, 11) is 3.87. The van der Waals surface area contributed by atoms with Crippen molar-refractivity contribution in [3.05, 3.63) is 90.0 Å². The SMILES string of the molecule is CCCCCCCCCCCCn1c(=O)c2c3nc(cc4[nH]c5c(ccc(C(=O)OC)c(C(=O)OC)c5c5nc(cc6[nH]c2c(c6C)c1=O)C(CC)=C5C)c4C)C(C)=C3CCC(=O)OC. The van der Waals surface area contributed by atoms with E-state index < -0.39 is 23.5 Å². The molecule has 2 aliphatic rings. The van der Waals surface area contributed by atoms with E-state index in [1.807, 2.05) is 46.8 Å². The third kappa shape index (κ3) is 8.65. The second-order valence-corrected chi connectivity index (χ2v) is 17.3. The van der Waals surface area contributed by atoms with Gasteiger partial charge in [0.2, 0.25) is 0 Å². The molecule has 4 aromatic heterocycles. The minimum absolute atomic E-state index is 0.00885. The Labute approximate surface area is 378 Å². The monoisotopic (exact) mass is 883 g/mol. The molecule has 65 heavy (non-hydrogen) atoms. The van der Waals surface area contributed by atoms with Crippen LogP contribution >= 0.6 is 0 Å². The Hall–Kier alpha value is -6.37. The summed E-state index contributed by atoms with van der Waals surface area (Å²) < 4.78 is 17.0. The van der Waals surface area contributed by atoms with Crippen LogP contribution in [-0.4, -0.2) is 63.7 Å². The summed E-state index contributed by atoms with van der Waals surface area (Å²) in [5.74, 6) is -1.87. The zero-order chi connectivity index (χ0) is 46.7. The predicted molar refractivity (Wildman–Crippen MR) is 258 cm³/mol. The highest BCUT2D eigenvalue weighted by Crippen LogP contribution is 2.41. The molecular formula is C52H61N5O8. The van der Waals surface area contributed by atoms with Crippen LogP contribution in [0.15, 0.2) is 33.9 Å². The highest BCUT2D eigenvalue weighted by molar-refractivity contribution is 6.19. The number of esters is 3. The molecular weight excluding hydrogens is 823 g/mol. The van der Waals surface area contributed by atoms with Crippen LogP contribution in [0.2, 0.25) is 0 Å². The minimum atomic E-state index is -0.744. The highest BCUT2D eigenvalue weighted by Gasteiger charge is 2.30. The third-order valence-electron chi connectivity index (χ3n) is 13.4. The fraction of sp³-hybridized carbons (Fsp3) is 0.442. The topological polar surface area (TPSA) is 175 Å². The van der Waals surface area contributed by atoms with E-state index in [1.165, 1.54) is 64.4 Å². The molecule has 7 rings (SSSR count). The Morgan fingerprint density at radius 2 is 1.23 bits per heavy atom. The first-order valence-corrected chi connectivity index (χ1v) is 23.1. The molecule has 0 spiro atoms. The normalized spacial score (nSPS) is 12.8. The molecule has 5 aromatic rings. The van der Waals surface area contributed by atoms with Gasteiger partial charge in [-0.05, 0) is 98.6 Å². The fourth-order valence-corrected chi connectivity index (χ4v) is 9.66. The van der Waals surface area contributed by atoms with Gasteiger partial charge in [-0.15, -0.1) is 0 Å². The maximum absolute atomic E-state index is 15.0. The van der Waals surface area contributed by atoms with Gasteiger partial charge in [0, 0.05) is 34.8 Å². The van der Waals surface area contributed by atoms with Crippen LogP contribution in [0.5, 0.6) is 0 Å². The average Bonchev–Trinajstić information content (AvgIpc) is 3.95. The number of H-pyrrole nitrogens is 2.